The summed E-state index contributed by atoms with van der Waals surface area (Å²) in [5.41, 5.74) is 0. The molecule has 1 N–H and O–H groups in total. The Morgan fingerprint density at radius 3 is 2.55 bits per heavy atom. The highest BCUT2D eigenvalue weighted by atomic mass is 32.1. The van der Waals surface area contributed by atoms with E-state index < -0.39 is 0 Å². The summed E-state index contributed by atoms with van der Waals surface area (Å²) in [5.74, 6) is 1.50. The van der Waals surface area contributed by atoms with Crippen LogP contribution in [0.4, 0.5) is 0 Å². The van der Waals surface area contributed by atoms with E-state index in [4.69, 9.17) is 14.2 Å². The molecule has 0 bridgehead atoms. The van der Waals surface area contributed by atoms with Crippen molar-refractivity contribution >= 4 is 11.3 Å². The van der Waals surface area contributed by atoms with E-state index in [1.54, 1.807) is 14.2 Å². The van der Waals surface area contributed by atoms with Crippen LogP contribution in [0.5, 0.6) is 16.7 Å². The zero-order chi connectivity index (χ0) is 14.2. The fraction of sp³-hybridized carbons (Fsp3) is 0.385. The van der Waals surface area contributed by atoms with Crippen molar-refractivity contribution in [2.24, 2.45) is 0 Å². The molecule has 0 aliphatic heterocycles. The lowest BCUT2D eigenvalue weighted by molar-refractivity contribution is 0.199. The first-order chi connectivity index (χ1) is 9.81. The van der Waals surface area contributed by atoms with Crippen LogP contribution in [0.25, 0.3) is 0 Å². The lowest BCUT2D eigenvalue weighted by Gasteiger charge is -2.02. The summed E-state index contributed by atoms with van der Waals surface area (Å²) in [6.07, 6.45) is 0. The van der Waals surface area contributed by atoms with Crippen LogP contribution < -0.4 is 14.8 Å². The van der Waals surface area contributed by atoms with Crippen LogP contribution in [0, 0.1) is 0 Å². The predicted molar refractivity (Wildman–Crippen MR) is 76.6 cm³/mol. The van der Waals surface area contributed by atoms with Gasteiger partial charge in [0.2, 0.25) is 0 Å². The molecule has 0 aliphatic rings. The SMILES string of the molecule is COCCNCc1nnc(Oc2ccc(OC)cc2)s1. The van der Waals surface area contributed by atoms with Crippen molar-refractivity contribution in [1.82, 2.24) is 15.5 Å². The molecule has 0 radical (unpaired) electrons. The third-order valence-electron chi connectivity index (χ3n) is 2.47. The summed E-state index contributed by atoms with van der Waals surface area (Å²) >= 11 is 1.42. The highest BCUT2D eigenvalue weighted by Gasteiger charge is 2.06. The van der Waals surface area contributed by atoms with Gasteiger partial charge in [0.05, 0.1) is 13.7 Å². The largest absolute Gasteiger partial charge is 0.497 e. The smallest absolute Gasteiger partial charge is 0.299 e. The van der Waals surface area contributed by atoms with Gasteiger partial charge in [-0.3, -0.25) is 0 Å². The molecule has 0 atom stereocenters. The van der Waals surface area contributed by atoms with Crippen LogP contribution in [0.15, 0.2) is 24.3 Å². The Labute approximate surface area is 121 Å². The van der Waals surface area contributed by atoms with E-state index in [1.807, 2.05) is 24.3 Å². The van der Waals surface area contributed by atoms with Gasteiger partial charge >= 0.3 is 0 Å². The number of benzene rings is 1. The average molecular weight is 295 g/mol. The Hall–Kier alpha value is -1.70. The van der Waals surface area contributed by atoms with Crippen LogP contribution >= 0.6 is 11.3 Å². The van der Waals surface area contributed by atoms with E-state index in [1.165, 1.54) is 11.3 Å². The Morgan fingerprint density at radius 1 is 1.10 bits per heavy atom. The second kappa shape index (κ2) is 7.78. The van der Waals surface area contributed by atoms with Crippen LogP contribution in [0.3, 0.4) is 0 Å². The summed E-state index contributed by atoms with van der Waals surface area (Å²) in [6, 6.07) is 7.33. The maximum Gasteiger partial charge on any atom is 0.299 e. The molecule has 2 rings (SSSR count). The number of rotatable bonds is 8. The van der Waals surface area contributed by atoms with Gasteiger partial charge in [-0.15, -0.1) is 5.10 Å². The van der Waals surface area contributed by atoms with Gasteiger partial charge in [0.1, 0.15) is 16.5 Å². The van der Waals surface area contributed by atoms with Gasteiger partial charge in [0, 0.05) is 20.2 Å². The topological polar surface area (TPSA) is 65.5 Å². The third-order valence-corrected chi connectivity index (χ3v) is 3.27. The fourth-order valence-corrected chi connectivity index (χ4v) is 2.14. The van der Waals surface area contributed by atoms with E-state index in [-0.39, 0.29) is 0 Å². The average Bonchev–Trinajstić information content (AvgIpc) is 2.92. The first kappa shape index (κ1) is 14.7. The zero-order valence-electron chi connectivity index (χ0n) is 11.5. The van der Waals surface area contributed by atoms with Crippen molar-refractivity contribution in [2.75, 3.05) is 27.4 Å². The number of nitrogens with one attached hydrogen (secondary N) is 1. The van der Waals surface area contributed by atoms with Crippen molar-refractivity contribution in [2.45, 2.75) is 6.54 Å². The van der Waals surface area contributed by atoms with Crippen molar-refractivity contribution < 1.29 is 14.2 Å². The maximum atomic E-state index is 5.62. The second-order valence-corrected chi connectivity index (χ2v) is 4.93. The summed E-state index contributed by atoms with van der Waals surface area (Å²) in [5, 5.41) is 12.7. The molecule has 0 unspecified atom stereocenters. The van der Waals surface area contributed by atoms with Crippen LogP contribution in [-0.4, -0.2) is 37.6 Å². The molecule has 20 heavy (non-hydrogen) atoms. The molecule has 1 aromatic carbocycles. The number of hydrogen-bond acceptors (Lipinski definition) is 7. The molecule has 6 nitrogen and oxygen atoms in total. The van der Waals surface area contributed by atoms with E-state index in [2.05, 4.69) is 15.5 Å². The van der Waals surface area contributed by atoms with Crippen LogP contribution in [0.2, 0.25) is 0 Å². The Balaban J connectivity index is 1.85. The molecule has 0 saturated carbocycles. The van der Waals surface area contributed by atoms with Crippen molar-refractivity contribution in [3.05, 3.63) is 29.3 Å². The zero-order valence-corrected chi connectivity index (χ0v) is 12.3. The van der Waals surface area contributed by atoms with Gasteiger partial charge < -0.3 is 19.5 Å². The van der Waals surface area contributed by atoms with E-state index in [0.717, 1.165) is 17.3 Å². The Bertz CT molecular complexity index is 516. The van der Waals surface area contributed by atoms with Crippen molar-refractivity contribution in [3.63, 3.8) is 0 Å². The minimum atomic E-state index is 0.527. The predicted octanol–water partition coefficient (Wildman–Crippen LogP) is 2.07. The number of nitrogens with zero attached hydrogens (tertiary/aromatic N) is 2. The minimum absolute atomic E-state index is 0.527. The molecule has 1 heterocycles. The summed E-state index contributed by atoms with van der Waals surface area (Å²) in [4.78, 5) is 0. The fourth-order valence-electron chi connectivity index (χ4n) is 1.47. The lowest BCUT2D eigenvalue weighted by Crippen LogP contribution is -2.18. The molecule has 0 saturated heterocycles. The summed E-state index contributed by atoms with van der Waals surface area (Å²) < 4.78 is 15.7. The normalized spacial score (nSPS) is 10.5. The second-order valence-electron chi connectivity index (χ2n) is 3.91. The molecule has 108 valence electrons. The summed E-state index contributed by atoms with van der Waals surface area (Å²) in [6.45, 7) is 2.12. The molecular formula is C13H17N3O3S. The number of hydrogen-bond donors (Lipinski definition) is 1. The highest BCUT2D eigenvalue weighted by molar-refractivity contribution is 7.13. The number of methoxy groups -OCH3 is 2. The van der Waals surface area contributed by atoms with Gasteiger partial charge in [-0.25, -0.2) is 0 Å². The number of ether oxygens (including phenoxy) is 3. The van der Waals surface area contributed by atoms with Crippen LogP contribution in [-0.2, 0) is 11.3 Å². The highest BCUT2D eigenvalue weighted by Crippen LogP contribution is 2.26. The summed E-state index contributed by atoms with van der Waals surface area (Å²) in [7, 11) is 3.30. The van der Waals surface area contributed by atoms with Gasteiger partial charge in [-0.05, 0) is 24.3 Å². The maximum absolute atomic E-state index is 5.62. The molecule has 0 fully saturated rings. The standard InChI is InChI=1S/C13H17N3O3S/c1-17-8-7-14-9-12-15-16-13(20-12)19-11-5-3-10(18-2)4-6-11/h3-6,14H,7-9H2,1-2H3. The molecule has 0 aliphatic carbocycles. The number of aromatic nitrogens is 2. The van der Waals surface area contributed by atoms with E-state index in [0.29, 0.717) is 24.1 Å². The van der Waals surface area contributed by atoms with Gasteiger partial charge in [-0.1, -0.05) is 16.4 Å². The van der Waals surface area contributed by atoms with Crippen molar-refractivity contribution in [1.29, 1.82) is 0 Å². The Morgan fingerprint density at radius 2 is 1.85 bits per heavy atom. The van der Waals surface area contributed by atoms with Gasteiger partial charge in [0.15, 0.2) is 0 Å². The third kappa shape index (κ3) is 4.44. The quantitative estimate of drug-likeness (QED) is 0.752. The molecule has 0 amide bonds. The van der Waals surface area contributed by atoms with Crippen LogP contribution in [0.1, 0.15) is 5.01 Å². The first-order valence-corrected chi connectivity index (χ1v) is 6.97. The molecule has 1 aromatic heterocycles. The molecular weight excluding hydrogens is 278 g/mol. The monoisotopic (exact) mass is 295 g/mol. The van der Waals surface area contributed by atoms with Crippen molar-refractivity contribution in [3.8, 4) is 16.7 Å². The van der Waals surface area contributed by atoms with Gasteiger partial charge in [0.25, 0.3) is 5.19 Å². The lowest BCUT2D eigenvalue weighted by atomic mass is 10.3. The minimum Gasteiger partial charge on any atom is -0.497 e. The van der Waals surface area contributed by atoms with Gasteiger partial charge in [-0.2, -0.15) is 0 Å². The Kier molecular flexibility index (Phi) is 5.72. The van der Waals surface area contributed by atoms with E-state index >= 15 is 0 Å². The first-order valence-electron chi connectivity index (χ1n) is 6.16. The molecule has 7 heteroatoms. The van der Waals surface area contributed by atoms with E-state index in [9.17, 15) is 0 Å². The molecule has 2 aromatic rings. The molecule has 0 spiro atoms.